The van der Waals surface area contributed by atoms with Gasteiger partial charge in [-0.15, -0.1) is 0 Å². The van der Waals surface area contributed by atoms with Gasteiger partial charge in [-0.3, -0.25) is 9.59 Å². The number of carbonyl (C=O) groups excluding carboxylic acids is 1. The van der Waals surface area contributed by atoms with Crippen molar-refractivity contribution in [2.24, 2.45) is 5.41 Å². The Bertz CT molecular complexity index is 471. The lowest BCUT2D eigenvalue weighted by atomic mass is 9.84. The zero-order valence-corrected chi connectivity index (χ0v) is 12.6. The van der Waals surface area contributed by atoms with Crippen LogP contribution in [-0.4, -0.2) is 23.0 Å². The third-order valence-electron chi connectivity index (χ3n) is 3.35. The average Bonchev–Trinajstić information content (AvgIpc) is 2.36. The number of rotatable bonds is 5. The SMILES string of the molecule is CCc1ccc(C(=O)NC(CC(=O)O)C(C)(C)C)cc1. The van der Waals surface area contributed by atoms with Crippen LogP contribution in [0, 0.1) is 5.41 Å². The Morgan fingerprint density at radius 3 is 2.15 bits per heavy atom. The fourth-order valence-electron chi connectivity index (χ4n) is 1.88. The van der Waals surface area contributed by atoms with Gasteiger partial charge in [-0.2, -0.15) is 0 Å². The van der Waals surface area contributed by atoms with Gasteiger partial charge >= 0.3 is 5.97 Å². The van der Waals surface area contributed by atoms with E-state index in [1.807, 2.05) is 32.9 Å². The van der Waals surface area contributed by atoms with Gasteiger partial charge in [0.05, 0.1) is 6.42 Å². The van der Waals surface area contributed by atoms with Gasteiger partial charge in [0.15, 0.2) is 0 Å². The summed E-state index contributed by atoms with van der Waals surface area (Å²) in [6.07, 6.45) is 0.841. The summed E-state index contributed by atoms with van der Waals surface area (Å²) >= 11 is 0. The Morgan fingerprint density at radius 1 is 1.20 bits per heavy atom. The average molecular weight is 277 g/mol. The van der Waals surface area contributed by atoms with Crippen LogP contribution in [0.2, 0.25) is 0 Å². The highest BCUT2D eigenvalue weighted by atomic mass is 16.4. The van der Waals surface area contributed by atoms with E-state index in [0.29, 0.717) is 5.56 Å². The lowest BCUT2D eigenvalue weighted by molar-refractivity contribution is -0.138. The van der Waals surface area contributed by atoms with Gasteiger partial charge in [-0.25, -0.2) is 0 Å². The molecule has 1 aromatic rings. The molecule has 0 radical (unpaired) electrons. The molecule has 0 saturated carbocycles. The lowest BCUT2D eigenvalue weighted by Crippen LogP contribution is -2.45. The molecule has 20 heavy (non-hydrogen) atoms. The van der Waals surface area contributed by atoms with Crippen LogP contribution in [0.4, 0.5) is 0 Å². The Morgan fingerprint density at radius 2 is 1.75 bits per heavy atom. The van der Waals surface area contributed by atoms with Crippen molar-refractivity contribution in [3.05, 3.63) is 35.4 Å². The van der Waals surface area contributed by atoms with Crippen LogP contribution in [0.3, 0.4) is 0 Å². The fourth-order valence-corrected chi connectivity index (χ4v) is 1.88. The molecule has 1 unspecified atom stereocenters. The van der Waals surface area contributed by atoms with Gasteiger partial charge in [-0.05, 0) is 29.5 Å². The van der Waals surface area contributed by atoms with Crippen molar-refractivity contribution >= 4 is 11.9 Å². The molecule has 0 aliphatic rings. The number of aliphatic carboxylic acids is 1. The highest BCUT2D eigenvalue weighted by Gasteiger charge is 2.28. The van der Waals surface area contributed by atoms with Crippen molar-refractivity contribution in [3.63, 3.8) is 0 Å². The molecule has 0 saturated heterocycles. The first-order valence-corrected chi connectivity index (χ1v) is 6.85. The van der Waals surface area contributed by atoms with Crippen molar-refractivity contribution in [2.45, 2.75) is 46.6 Å². The molecule has 0 heterocycles. The van der Waals surface area contributed by atoms with Gasteiger partial charge in [0.2, 0.25) is 0 Å². The van der Waals surface area contributed by atoms with Gasteiger partial charge < -0.3 is 10.4 Å². The summed E-state index contributed by atoms with van der Waals surface area (Å²) in [6, 6.07) is 6.97. The number of carboxylic acids is 1. The molecule has 0 bridgehead atoms. The molecule has 4 heteroatoms. The third-order valence-corrected chi connectivity index (χ3v) is 3.35. The number of benzene rings is 1. The number of carbonyl (C=O) groups is 2. The van der Waals surface area contributed by atoms with Crippen molar-refractivity contribution in [3.8, 4) is 0 Å². The summed E-state index contributed by atoms with van der Waals surface area (Å²) in [4.78, 5) is 23.1. The number of hydrogen-bond donors (Lipinski definition) is 2. The van der Waals surface area contributed by atoms with E-state index in [1.165, 1.54) is 5.56 Å². The van der Waals surface area contributed by atoms with E-state index in [9.17, 15) is 9.59 Å². The third kappa shape index (κ3) is 4.68. The van der Waals surface area contributed by atoms with Crippen LogP contribution in [0.5, 0.6) is 0 Å². The van der Waals surface area contributed by atoms with Crippen LogP contribution in [0.15, 0.2) is 24.3 Å². The van der Waals surface area contributed by atoms with E-state index < -0.39 is 12.0 Å². The molecule has 2 N–H and O–H groups in total. The maximum Gasteiger partial charge on any atom is 0.305 e. The predicted molar refractivity (Wildman–Crippen MR) is 78.8 cm³/mol. The molecule has 1 aromatic carbocycles. The molecule has 1 amide bonds. The van der Waals surface area contributed by atoms with E-state index in [4.69, 9.17) is 5.11 Å². The first kappa shape index (κ1) is 16.2. The zero-order valence-electron chi connectivity index (χ0n) is 12.6. The van der Waals surface area contributed by atoms with Gasteiger partial charge in [0.25, 0.3) is 5.91 Å². The highest BCUT2D eigenvalue weighted by Crippen LogP contribution is 2.22. The van der Waals surface area contributed by atoms with Crippen molar-refractivity contribution in [1.82, 2.24) is 5.32 Å². The van der Waals surface area contributed by atoms with Crippen LogP contribution in [0.1, 0.15) is 50.0 Å². The molecule has 0 spiro atoms. The summed E-state index contributed by atoms with van der Waals surface area (Å²) in [7, 11) is 0. The van der Waals surface area contributed by atoms with Crippen LogP contribution >= 0.6 is 0 Å². The lowest BCUT2D eigenvalue weighted by Gasteiger charge is -2.30. The maximum atomic E-state index is 12.2. The van der Waals surface area contributed by atoms with Gasteiger partial charge in [0, 0.05) is 11.6 Å². The minimum Gasteiger partial charge on any atom is -0.481 e. The minimum absolute atomic E-state index is 0.0811. The standard InChI is InChI=1S/C16H23NO3/c1-5-11-6-8-12(9-7-11)15(20)17-13(10-14(18)19)16(2,3)4/h6-9,13H,5,10H2,1-4H3,(H,17,20)(H,18,19). The molecule has 110 valence electrons. The summed E-state index contributed by atoms with van der Waals surface area (Å²) in [5.74, 6) is -1.14. The van der Waals surface area contributed by atoms with Gasteiger partial charge in [-0.1, -0.05) is 39.8 Å². The molecule has 0 aliphatic heterocycles. The number of nitrogens with one attached hydrogen (secondary N) is 1. The van der Waals surface area contributed by atoms with E-state index in [2.05, 4.69) is 12.2 Å². The quantitative estimate of drug-likeness (QED) is 0.869. The Kier molecular flexibility index (Phi) is 5.31. The van der Waals surface area contributed by atoms with E-state index in [1.54, 1.807) is 12.1 Å². The second-order valence-electron chi connectivity index (χ2n) is 6.04. The van der Waals surface area contributed by atoms with Crippen molar-refractivity contribution in [2.75, 3.05) is 0 Å². The van der Waals surface area contributed by atoms with Gasteiger partial charge in [0.1, 0.15) is 0 Å². The summed E-state index contributed by atoms with van der Waals surface area (Å²) in [5, 5.41) is 11.8. The van der Waals surface area contributed by atoms with Crippen LogP contribution in [0.25, 0.3) is 0 Å². The topological polar surface area (TPSA) is 66.4 Å². The number of carboxylic acid groups (broad SMARTS) is 1. The molecule has 1 rings (SSSR count). The molecule has 0 aromatic heterocycles. The molecule has 0 aliphatic carbocycles. The first-order chi connectivity index (χ1) is 9.24. The molecular formula is C16H23NO3. The number of hydrogen-bond acceptors (Lipinski definition) is 2. The highest BCUT2D eigenvalue weighted by molar-refractivity contribution is 5.94. The molecule has 4 nitrogen and oxygen atoms in total. The second-order valence-corrected chi connectivity index (χ2v) is 6.04. The zero-order chi connectivity index (χ0) is 15.3. The molecule has 1 atom stereocenters. The number of aryl methyl sites for hydroxylation is 1. The Hall–Kier alpha value is -1.84. The van der Waals surface area contributed by atoms with E-state index in [0.717, 1.165) is 6.42 Å². The summed E-state index contributed by atoms with van der Waals surface area (Å²) in [6.45, 7) is 7.81. The fraction of sp³-hybridized carbons (Fsp3) is 0.500. The van der Waals surface area contributed by atoms with E-state index >= 15 is 0 Å². The maximum absolute atomic E-state index is 12.2. The summed E-state index contributed by atoms with van der Waals surface area (Å²) < 4.78 is 0. The summed E-state index contributed by atoms with van der Waals surface area (Å²) in [5.41, 5.74) is 1.42. The van der Waals surface area contributed by atoms with Crippen LogP contribution < -0.4 is 5.32 Å². The number of amides is 1. The molecular weight excluding hydrogens is 254 g/mol. The minimum atomic E-state index is -0.911. The Labute approximate surface area is 120 Å². The largest absolute Gasteiger partial charge is 0.481 e. The van der Waals surface area contributed by atoms with Crippen LogP contribution in [-0.2, 0) is 11.2 Å². The second kappa shape index (κ2) is 6.55. The molecule has 0 fully saturated rings. The van der Waals surface area contributed by atoms with E-state index in [-0.39, 0.29) is 17.7 Å². The Balaban J connectivity index is 2.81. The van der Waals surface area contributed by atoms with Crippen molar-refractivity contribution in [1.29, 1.82) is 0 Å². The predicted octanol–water partition coefficient (Wildman–Crippen LogP) is 2.87. The van der Waals surface area contributed by atoms with Crippen molar-refractivity contribution < 1.29 is 14.7 Å². The normalized spacial score (nSPS) is 12.8. The monoisotopic (exact) mass is 277 g/mol. The smallest absolute Gasteiger partial charge is 0.305 e. The first-order valence-electron chi connectivity index (χ1n) is 6.85.